The summed E-state index contributed by atoms with van der Waals surface area (Å²) in [5, 5.41) is 2.89. The van der Waals surface area contributed by atoms with Crippen molar-refractivity contribution in [2.45, 2.75) is 39.3 Å². The van der Waals surface area contributed by atoms with Crippen LogP contribution in [-0.4, -0.2) is 22.1 Å². The maximum atomic E-state index is 12.2. The monoisotopic (exact) mass is 417 g/mol. The first-order chi connectivity index (χ1) is 15.2. The molecule has 0 fully saturated rings. The molecule has 6 nitrogen and oxygen atoms in total. The van der Waals surface area contributed by atoms with E-state index in [4.69, 9.17) is 14.1 Å². The average molecular weight is 418 g/mol. The van der Waals surface area contributed by atoms with Gasteiger partial charge >= 0.3 is 0 Å². The third-order valence-corrected chi connectivity index (χ3v) is 5.26. The summed E-state index contributed by atoms with van der Waals surface area (Å²) in [6.07, 6.45) is 4.40. The lowest BCUT2D eigenvalue weighted by atomic mass is 10.2. The number of carbonyl (C=O) groups excluding carboxylic acids is 1. The van der Waals surface area contributed by atoms with Gasteiger partial charge in [0, 0.05) is 6.54 Å². The number of rotatable bonds is 10. The van der Waals surface area contributed by atoms with E-state index >= 15 is 0 Å². The van der Waals surface area contributed by atoms with Crippen LogP contribution in [0.5, 0.6) is 5.75 Å². The van der Waals surface area contributed by atoms with Gasteiger partial charge in [-0.25, -0.2) is 4.98 Å². The molecule has 2 aromatic heterocycles. The molecule has 4 rings (SSSR count). The number of benzene rings is 2. The van der Waals surface area contributed by atoms with Crippen molar-refractivity contribution in [3.63, 3.8) is 0 Å². The molecule has 0 spiro atoms. The zero-order chi connectivity index (χ0) is 21.5. The van der Waals surface area contributed by atoms with Crippen LogP contribution in [0, 0.1) is 0 Å². The Bertz CT molecular complexity index is 1110. The van der Waals surface area contributed by atoms with Crippen molar-refractivity contribution in [3.8, 4) is 5.75 Å². The van der Waals surface area contributed by atoms with Gasteiger partial charge in [-0.05, 0) is 61.2 Å². The topological polar surface area (TPSA) is 69.3 Å². The van der Waals surface area contributed by atoms with Crippen LogP contribution < -0.4 is 10.1 Å². The number of para-hydroxylation sites is 2. The quantitative estimate of drug-likeness (QED) is 0.370. The number of nitrogens with one attached hydrogen (secondary N) is 1. The Kier molecular flexibility index (Phi) is 6.67. The molecule has 1 N–H and O–H groups in total. The van der Waals surface area contributed by atoms with Gasteiger partial charge in [-0.3, -0.25) is 4.79 Å². The lowest BCUT2D eigenvalue weighted by molar-refractivity contribution is 0.0921. The molecule has 160 valence electrons. The number of nitrogens with zero attached hydrogens (tertiary/aromatic N) is 2. The standard InChI is InChI=1S/C25H27N3O3/c1-2-19-11-13-20(14-12-19)30-16-6-5-15-28-22-9-4-3-8-21(22)27-24(28)18-26-25(29)23-10-7-17-31-23/h3-4,7-14,17H,2,5-6,15-16,18H2,1H3,(H,26,29). The number of amides is 1. The predicted molar refractivity (Wildman–Crippen MR) is 120 cm³/mol. The van der Waals surface area contributed by atoms with Crippen molar-refractivity contribution < 1.29 is 13.9 Å². The first-order valence-corrected chi connectivity index (χ1v) is 10.7. The van der Waals surface area contributed by atoms with E-state index in [9.17, 15) is 4.79 Å². The molecule has 0 atom stereocenters. The Morgan fingerprint density at radius 3 is 2.68 bits per heavy atom. The third-order valence-electron chi connectivity index (χ3n) is 5.26. The van der Waals surface area contributed by atoms with Gasteiger partial charge in [0.15, 0.2) is 5.76 Å². The van der Waals surface area contributed by atoms with Gasteiger partial charge in [0.05, 0.1) is 30.4 Å². The number of furan rings is 1. The molecule has 2 aromatic carbocycles. The van der Waals surface area contributed by atoms with E-state index in [-0.39, 0.29) is 5.91 Å². The van der Waals surface area contributed by atoms with E-state index in [0.717, 1.165) is 48.4 Å². The Morgan fingerprint density at radius 1 is 1.06 bits per heavy atom. The number of carbonyl (C=O) groups is 1. The van der Waals surface area contributed by atoms with Crippen LogP contribution in [0.1, 0.15) is 41.7 Å². The number of fused-ring (bicyclic) bond motifs is 1. The molecule has 0 saturated heterocycles. The summed E-state index contributed by atoms with van der Waals surface area (Å²) in [7, 11) is 0. The Balaban J connectivity index is 1.34. The zero-order valence-corrected chi connectivity index (χ0v) is 17.7. The van der Waals surface area contributed by atoms with Crippen molar-refractivity contribution >= 4 is 16.9 Å². The number of unbranched alkanes of at least 4 members (excludes halogenated alkanes) is 1. The number of aromatic nitrogens is 2. The highest BCUT2D eigenvalue weighted by atomic mass is 16.5. The van der Waals surface area contributed by atoms with Gasteiger partial charge in [0.25, 0.3) is 5.91 Å². The van der Waals surface area contributed by atoms with Gasteiger partial charge in [0.2, 0.25) is 0 Å². The molecule has 4 aromatic rings. The second-order valence-corrected chi connectivity index (χ2v) is 7.38. The molecule has 6 heteroatoms. The van der Waals surface area contributed by atoms with E-state index in [0.29, 0.717) is 18.9 Å². The molecule has 0 aliphatic rings. The smallest absolute Gasteiger partial charge is 0.287 e. The second kappa shape index (κ2) is 9.98. The Hall–Kier alpha value is -3.54. The van der Waals surface area contributed by atoms with E-state index in [1.54, 1.807) is 12.1 Å². The minimum atomic E-state index is -0.244. The minimum absolute atomic E-state index is 0.244. The van der Waals surface area contributed by atoms with Gasteiger partial charge in [-0.2, -0.15) is 0 Å². The molecule has 0 aliphatic carbocycles. The summed E-state index contributed by atoms with van der Waals surface area (Å²) >= 11 is 0. The highest BCUT2D eigenvalue weighted by Gasteiger charge is 2.13. The fourth-order valence-corrected chi connectivity index (χ4v) is 3.55. The number of hydrogen-bond donors (Lipinski definition) is 1. The fourth-order valence-electron chi connectivity index (χ4n) is 3.55. The molecule has 31 heavy (non-hydrogen) atoms. The van der Waals surface area contributed by atoms with Crippen LogP contribution in [0.25, 0.3) is 11.0 Å². The Labute approximate surface area is 181 Å². The molecule has 2 heterocycles. The maximum absolute atomic E-state index is 12.2. The highest BCUT2D eigenvalue weighted by Crippen LogP contribution is 2.18. The molecule has 0 unspecified atom stereocenters. The largest absolute Gasteiger partial charge is 0.494 e. The maximum Gasteiger partial charge on any atom is 0.287 e. The first-order valence-electron chi connectivity index (χ1n) is 10.7. The van der Waals surface area contributed by atoms with Gasteiger partial charge in [-0.1, -0.05) is 31.2 Å². The molecule has 0 aliphatic heterocycles. The number of hydrogen-bond acceptors (Lipinski definition) is 4. The van der Waals surface area contributed by atoms with Crippen LogP contribution in [0.15, 0.2) is 71.3 Å². The van der Waals surface area contributed by atoms with Crippen molar-refractivity contribution in [1.29, 1.82) is 0 Å². The van der Waals surface area contributed by atoms with Gasteiger partial charge in [-0.15, -0.1) is 0 Å². The van der Waals surface area contributed by atoms with Crippen LogP contribution >= 0.6 is 0 Å². The highest BCUT2D eigenvalue weighted by molar-refractivity contribution is 5.91. The molecule has 1 amide bonds. The van der Waals surface area contributed by atoms with Crippen LogP contribution in [-0.2, 0) is 19.5 Å². The number of aryl methyl sites for hydroxylation is 2. The van der Waals surface area contributed by atoms with Crippen LogP contribution in [0.3, 0.4) is 0 Å². The normalized spacial score (nSPS) is 11.0. The number of ether oxygens (including phenoxy) is 1. The summed E-state index contributed by atoms with van der Waals surface area (Å²) in [6, 6.07) is 19.7. The lowest BCUT2D eigenvalue weighted by Gasteiger charge is -2.11. The van der Waals surface area contributed by atoms with E-state index < -0.39 is 0 Å². The summed E-state index contributed by atoms with van der Waals surface area (Å²) < 4.78 is 13.2. The minimum Gasteiger partial charge on any atom is -0.494 e. The molecule has 0 saturated carbocycles. The van der Waals surface area contributed by atoms with Crippen molar-refractivity contribution in [2.24, 2.45) is 0 Å². The third kappa shape index (κ3) is 5.15. The second-order valence-electron chi connectivity index (χ2n) is 7.38. The van der Waals surface area contributed by atoms with Crippen molar-refractivity contribution in [2.75, 3.05) is 6.61 Å². The summed E-state index contributed by atoms with van der Waals surface area (Å²) in [5.41, 5.74) is 3.31. The van der Waals surface area contributed by atoms with E-state index in [1.165, 1.54) is 11.8 Å². The molecular formula is C25H27N3O3. The fraction of sp³-hybridized carbons (Fsp3) is 0.280. The molecule has 0 radical (unpaired) electrons. The Morgan fingerprint density at radius 2 is 1.90 bits per heavy atom. The van der Waals surface area contributed by atoms with Gasteiger partial charge < -0.3 is 19.0 Å². The van der Waals surface area contributed by atoms with E-state index in [2.05, 4.69) is 35.0 Å². The van der Waals surface area contributed by atoms with Crippen molar-refractivity contribution in [1.82, 2.24) is 14.9 Å². The van der Waals surface area contributed by atoms with Crippen molar-refractivity contribution in [3.05, 3.63) is 84.1 Å². The first kappa shape index (κ1) is 20.7. The molecular weight excluding hydrogens is 390 g/mol. The predicted octanol–water partition coefficient (Wildman–Crippen LogP) is 4.98. The van der Waals surface area contributed by atoms with Crippen LogP contribution in [0.2, 0.25) is 0 Å². The number of imidazole rings is 1. The van der Waals surface area contributed by atoms with Gasteiger partial charge in [0.1, 0.15) is 11.6 Å². The summed E-state index contributed by atoms with van der Waals surface area (Å²) in [6.45, 7) is 3.97. The lowest BCUT2D eigenvalue weighted by Crippen LogP contribution is -2.24. The average Bonchev–Trinajstić information content (AvgIpc) is 3.46. The molecule has 0 bridgehead atoms. The van der Waals surface area contributed by atoms with Crippen LogP contribution in [0.4, 0.5) is 0 Å². The zero-order valence-electron chi connectivity index (χ0n) is 17.7. The van der Waals surface area contributed by atoms with E-state index in [1.807, 2.05) is 30.3 Å². The summed E-state index contributed by atoms with van der Waals surface area (Å²) in [5.74, 6) is 1.79. The summed E-state index contributed by atoms with van der Waals surface area (Å²) in [4.78, 5) is 16.9. The SMILES string of the molecule is CCc1ccc(OCCCCn2c(CNC(=O)c3ccco3)nc3ccccc32)cc1.